The van der Waals surface area contributed by atoms with Gasteiger partial charge in [-0.3, -0.25) is 19.4 Å². The van der Waals surface area contributed by atoms with E-state index in [9.17, 15) is 9.59 Å². The first-order chi connectivity index (χ1) is 15.6. The summed E-state index contributed by atoms with van der Waals surface area (Å²) in [6, 6.07) is 30.1. The molecular formula is C28H22N2O2. The number of fused-ring (bicyclic) bond motifs is 2. The zero-order valence-electron chi connectivity index (χ0n) is 17.9. The summed E-state index contributed by atoms with van der Waals surface area (Å²) in [5.41, 5.74) is 5.53. The van der Waals surface area contributed by atoms with Crippen molar-refractivity contribution in [2.24, 2.45) is 0 Å². The fourth-order valence-electron chi connectivity index (χ4n) is 4.27. The average Bonchev–Trinajstić information content (AvgIpc) is 2.82. The highest BCUT2D eigenvalue weighted by Crippen LogP contribution is 2.41. The van der Waals surface area contributed by atoms with E-state index in [0.29, 0.717) is 22.5 Å². The Hall–Kier alpha value is -4.18. The monoisotopic (exact) mass is 418 g/mol. The van der Waals surface area contributed by atoms with Crippen LogP contribution in [0.1, 0.15) is 31.8 Å². The zero-order valence-corrected chi connectivity index (χ0v) is 17.9. The third kappa shape index (κ3) is 3.08. The number of aryl methyl sites for hydroxylation is 2. The first-order valence-corrected chi connectivity index (χ1v) is 10.6. The molecule has 0 N–H and O–H groups in total. The smallest absolute Gasteiger partial charge is 0.264 e. The highest BCUT2D eigenvalue weighted by atomic mass is 16.2. The van der Waals surface area contributed by atoms with Crippen molar-refractivity contribution in [3.63, 3.8) is 0 Å². The van der Waals surface area contributed by atoms with Gasteiger partial charge in [0.1, 0.15) is 0 Å². The standard InChI is InChI=1S/C28H22N2O2/c1-19-11-3-7-15-23(19)29-25-17-9-5-13-21(25)28(32)30(24-16-8-4-12-20(24)2)26-18-10-6-14-22(26)27(29)31/h3-18H,1-2H3. The van der Waals surface area contributed by atoms with Crippen molar-refractivity contribution in [3.05, 3.63) is 119 Å². The minimum Gasteiger partial charge on any atom is -0.276 e. The molecule has 0 unspecified atom stereocenters. The number of rotatable bonds is 2. The molecule has 5 rings (SSSR count). The molecule has 0 radical (unpaired) electrons. The van der Waals surface area contributed by atoms with Crippen molar-refractivity contribution >= 4 is 34.6 Å². The van der Waals surface area contributed by atoms with Crippen LogP contribution in [0.15, 0.2) is 97.1 Å². The molecule has 0 aromatic heterocycles. The lowest BCUT2D eigenvalue weighted by molar-refractivity contribution is 0.0988. The molecular weight excluding hydrogens is 396 g/mol. The first-order valence-electron chi connectivity index (χ1n) is 10.6. The molecule has 0 aliphatic carbocycles. The molecule has 4 heteroatoms. The minimum atomic E-state index is -0.173. The van der Waals surface area contributed by atoms with Crippen LogP contribution in [0.2, 0.25) is 0 Å². The SMILES string of the molecule is Cc1ccccc1N1C(=O)c2ccccc2N(c2ccccc2C)C(=O)c2ccccc21. The number of amides is 2. The van der Waals surface area contributed by atoms with Gasteiger partial charge < -0.3 is 0 Å². The van der Waals surface area contributed by atoms with Crippen molar-refractivity contribution in [3.8, 4) is 0 Å². The quantitative estimate of drug-likeness (QED) is 0.369. The Kier molecular flexibility index (Phi) is 4.83. The number of carbonyl (C=O) groups is 2. The molecule has 4 nitrogen and oxygen atoms in total. The first kappa shape index (κ1) is 19.8. The van der Waals surface area contributed by atoms with Gasteiger partial charge in [0.05, 0.1) is 33.9 Å². The molecule has 2 amide bonds. The van der Waals surface area contributed by atoms with Crippen LogP contribution in [0.25, 0.3) is 0 Å². The molecule has 32 heavy (non-hydrogen) atoms. The number of nitrogens with zero attached hydrogens (tertiary/aromatic N) is 2. The summed E-state index contributed by atoms with van der Waals surface area (Å²) in [6.45, 7) is 3.94. The van der Waals surface area contributed by atoms with Crippen LogP contribution in [0.3, 0.4) is 0 Å². The van der Waals surface area contributed by atoms with Crippen molar-refractivity contribution in [1.82, 2.24) is 0 Å². The Balaban J connectivity index is 1.84. The fraction of sp³-hybridized carbons (Fsp3) is 0.0714. The highest BCUT2D eigenvalue weighted by molar-refractivity contribution is 6.24. The highest BCUT2D eigenvalue weighted by Gasteiger charge is 2.34. The molecule has 1 aliphatic heterocycles. The maximum absolute atomic E-state index is 14.1. The lowest BCUT2D eigenvalue weighted by Gasteiger charge is -2.34. The van der Waals surface area contributed by atoms with Crippen LogP contribution in [0, 0.1) is 13.8 Å². The van der Waals surface area contributed by atoms with Gasteiger partial charge in [-0.15, -0.1) is 0 Å². The van der Waals surface area contributed by atoms with Crippen molar-refractivity contribution < 1.29 is 9.59 Å². The second-order valence-electron chi connectivity index (χ2n) is 7.89. The van der Waals surface area contributed by atoms with E-state index in [1.807, 2.05) is 98.8 Å². The number of anilines is 4. The summed E-state index contributed by atoms with van der Waals surface area (Å²) in [5.74, 6) is -0.345. The number of hydrogen-bond donors (Lipinski definition) is 0. The van der Waals surface area contributed by atoms with E-state index in [-0.39, 0.29) is 11.8 Å². The second kappa shape index (κ2) is 7.82. The summed E-state index contributed by atoms with van der Waals surface area (Å²) in [4.78, 5) is 31.4. The molecule has 156 valence electrons. The molecule has 0 saturated carbocycles. The van der Waals surface area contributed by atoms with Gasteiger partial charge in [0.25, 0.3) is 11.8 Å². The van der Waals surface area contributed by atoms with Crippen molar-refractivity contribution in [2.45, 2.75) is 13.8 Å². The molecule has 1 aliphatic rings. The molecule has 0 fully saturated rings. The van der Waals surface area contributed by atoms with Gasteiger partial charge in [0.2, 0.25) is 0 Å². The van der Waals surface area contributed by atoms with Gasteiger partial charge in [-0.2, -0.15) is 0 Å². The third-order valence-electron chi connectivity index (χ3n) is 5.87. The third-order valence-corrected chi connectivity index (χ3v) is 5.87. The molecule has 4 aromatic carbocycles. The lowest BCUT2D eigenvalue weighted by Crippen LogP contribution is -2.36. The van der Waals surface area contributed by atoms with Crippen molar-refractivity contribution in [2.75, 3.05) is 9.80 Å². The van der Waals surface area contributed by atoms with E-state index in [1.165, 1.54) is 0 Å². The maximum Gasteiger partial charge on any atom is 0.264 e. The van der Waals surface area contributed by atoms with Crippen LogP contribution in [0.5, 0.6) is 0 Å². The van der Waals surface area contributed by atoms with E-state index >= 15 is 0 Å². The second-order valence-corrected chi connectivity index (χ2v) is 7.89. The van der Waals surface area contributed by atoms with Gasteiger partial charge in [0.15, 0.2) is 0 Å². The molecule has 1 heterocycles. The van der Waals surface area contributed by atoms with Gasteiger partial charge >= 0.3 is 0 Å². The van der Waals surface area contributed by atoms with E-state index < -0.39 is 0 Å². The molecule has 0 atom stereocenters. The van der Waals surface area contributed by atoms with Gasteiger partial charge in [-0.05, 0) is 61.4 Å². The number of para-hydroxylation sites is 4. The number of carbonyl (C=O) groups excluding carboxylic acids is 2. The molecule has 0 bridgehead atoms. The Morgan fingerprint density at radius 2 is 0.750 bits per heavy atom. The lowest BCUT2D eigenvalue weighted by atomic mass is 10.00. The van der Waals surface area contributed by atoms with Crippen LogP contribution in [0.4, 0.5) is 22.7 Å². The normalized spacial score (nSPS) is 13.3. The van der Waals surface area contributed by atoms with Crippen LogP contribution in [-0.2, 0) is 0 Å². The number of benzene rings is 4. The Morgan fingerprint density at radius 3 is 1.12 bits per heavy atom. The van der Waals surface area contributed by atoms with Gasteiger partial charge in [-0.1, -0.05) is 60.7 Å². The number of hydrogen-bond acceptors (Lipinski definition) is 2. The summed E-state index contributed by atoms with van der Waals surface area (Å²) in [5, 5.41) is 0. The fourth-order valence-corrected chi connectivity index (χ4v) is 4.27. The zero-order chi connectivity index (χ0) is 22.2. The summed E-state index contributed by atoms with van der Waals surface area (Å²) in [7, 11) is 0. The van der Waals surface area contributed by atoms with Gasteiger partial charge in [0, 0.05) is 0 Å². The average molecular weight is 418 g/mol. The summed E-state index contributed by atoms with van der Waals surface area (Å²) >= 11 is 0. The van der Waals surface area contributed by atoms with Crippen LogP contribution < -0.4 is 9.80 Å². The van der Waals surface area contributed by atoms with E-state index in [1.54, 1.807) is 21.9 Å². The van der Waals surface area contributed by atoms with Crippen LogP contribution >= 0.6 is 0 Å². The molecule has 0 spiro atoms. The summed E-state index contributed by atoms with van der Waals surface area (Å²) in [6.07, 6.45) is 0. The predicted octanol–water partition coefficient (Wildman–Crippen LogP) is 6.57. The molecule has 4 aromatic rings. The Bertz CT molecular complexity index is 1250. The van der Waals surface area contributed by atoms with Crippen molar-refractivity contribution in [1.29, 1.82) is 0 Å². The largest absolute Gasteiger partial charge is 0.276 e. The minimum absolute atomic E-state index is 0.173. The predicted molar refractivity (Wildman–Crippen MR) is 128 cm³/mol. The summed E-state index contributed by atoms with van der Waals surface area (Å²) < 4.78 is 0. The Labute approximate surface area is 187 Å². The maximum atomic E-state index is 14.1. The topological polar surface area (TPSA) is 40.6 Å². The van der Waals surface area contributed by atoms with Gasteiger partial charge in [-0.25, -0.2) is 0 Å². The Morgan fingerprint density at radius 1 is 0.438 bits per heavy atom. The van der Waals surface area contributed by atoms with E-state index in [0.717, 1.165) is 22.5 Å². The van der Waals surface area contributed by atoms with Crippen LogP contribution in [-0.4, -0.2) is 11.8 Å². The molecule has 0 saturated heterocycles. The van der Waals surface area contributed by atoms with E-state index in [2.05, 4.69) is 0 Å². The van der Waals surface area contributed by atoms with E-state index in [4.69, 9.17) is 0 Å².